The van der Waals surface area contributed by atoms with Gasteiger partial charge in [-0.3, -0.25) is 18.7 Å². The molecule has 2 aromatic rings. The van der Waals surface area contributed by atoms with Crippen LogP contribution < -0.4 is 16.6 Å². The number of aromatic nitrogens is 3. The highest BCUT2D eigenvalue weighted by molar-refractivity contribution is 5.80. The number of likely N-dealkylation sites (tertiary alicyclic amines) is 1. The minimum absolute atomic E-state index is 0.0112. The van der Waals surface area contributed by atoms with Crippen LogP contribution in [0.3, 0.4) is 0 Å². The summed E-state index contributed by atoms with van der Waals surface area (Å²) >= 11 is 0. The van der Waals surface area contributed by atoms with E-state index in [-0.39, 0.29) is 11.5 Å². The van der Waals surface area contributed by atoms with Crippen molar-refractivity contribution in [3.8, 4) is 0 Å². The number of carbonyl (C=O) groups excluding carboxylic acids is 1. The summed E-state index contributed by atoms with van der Waals surface area (Å²) in [7, 11) is 3.09. The number of carbonyl (C=O) groups is 1. The summed E-state index contributed by atoms with van der Waals surface area (Å²) in [6.45, 7) is 7.53. The average molecular weight is 416 g/mol. The molecular formula is C22H33N5O3. The lowest BCUT2D eigenvalue weighted by atomic mass is 10.00. The van der Waals surface area contributed by atoms with Crippen molar-refractivity contribution in [2.75, 3.05) is 26.2 Å². The van der Waals surface area contributed by atoms with Crippen molar-refractivity contribution in [3.05, 3.63) is 37.7 Å². The second-order valence-electron chi connectivity index (χ2n) is 8.31. The lowest BCUT2D eigenvalue weighted by Crippen LogP contribution is -2.38. The predicted molar refractivity (Wildman–Crippen MR) is 118 cm³/mol. The maximum atomic E-state index is 12.7. The Morgan fingerprint density at radius 1 is 1.03 bits per heavy atom. The molecule has 8 heteroatoms. The van der Waals surface area contributed by atoms with Gasteiger partial charge in [-0.25, -0.2) is 9.78 Å². The number of amides is 1. The molecule has 1 N–H and O–H groups in total. The van der Waals surface area contributed by atoms with E-state index < -0.39 is 5.69 Å². The Hall–Kier alpha value is -2.48. The van der Waals surface area contributed by atoms with Crippen molar-refractivity contribution < 1.29 is 4.79 Å². The molecule has 0 aromatic carbocycles. The van der Waals surface area contributed by atoms with Crippen LogP contribution in [0.1, 0.15) is 48.9 Å². The minimum atomic E-state index is -0.393. The second kappa shape index (κ2) is 9.55. The van der Waals surface area contributed by atoms with Gasteiger partial charge in [0.05, 0.1) is 5.39 Å². The fourth-order valence-electron chi connectivity index (χ4n) is 4.35. The predicted octanol–water partition coefficient (Wildman–Crippen LogP) is 1.17. The maximum Gasteiger partial charge on any atom is 0.332 e. The lowest BCUT2D eigenvalue weighted by Gasteiger charge is -2.19. The SMILES string of the molecule is Cc1nc2c(c(C)c1CCC(=O)NCCN1CCCCCC1)c(=O)n(C)c(=O)n2C. The molecule has 1 aliphatic rings. The van der Waals surface area contributed by atoms with Gasteiger partial charge in [-0.05, 0) is 57.3 Å². The second-order valence-corrected chi connectivity index (χ2v) is 8.31. The zero-order valence-corrected chi connectivity index (χ0v) is 18.6. The van der Waals surface area contributed by atoms with Gasteiger partial charge in [0, 0.05) is 39.3 Å². The van der Waals surface area contributed by atoms with Crippen molar-refractivity contribution in [1.82, 2.24) is 24.3 Å². The van der Waals surface area contributed by atoms with Crippen LogP contribution >= 0.6 is 0 Å². The van der Waals surface area contributed by atoms with Gasteiger partial charge in [0.2, 0.25) is 5.91 Å². The van der Waals surface area contributed by atoms with Crippen LogP contribution in [-0.4, -0.2) is 51.1 Å². The van der Waals surface area contributed by atoms with Gasteiger partial charge in [-0.15, -0.1) is 0 Å². The topological polar surface area (TPSA) is 89.2 Å². The molecule has 1 saturated heterocycles. The minimum Gasteiger partial charge on any atom is -0.355 e. The van der Waals surface area contributed by atoms with Gasteiger partial charge in [-0.1, -0.05) is 12.8 Å². The highest BCUT2D eigenvalue weighted by Gasteiger charge is 2.17. The number of nitrogens with one attached hydrogen (secondary N) is 1. The summed E-state index contributed by atoms with van der Waals surface area (Å²) in [6, 6.07) is 0. The molecule has 0 spiro atoms. The van der Waals surface area contributed by atoms with E-state index in [0.29, 0.717) is 30.4 Å². The molecule has 30 heavy (non-hydrogen) atoms. The first kappa shape index (κ1) is 22.2. The number of nitrogens with zero attached hydrogens (tertiary/aromatic N) is 4. The molecule has 3 rings (SSSR count). The van der Waals surface area contributed by atoms with E-state index in [0.717, 1.165) is 41.0 Å². The molecule has 0 atom stereocenters. The Balaban J connectivity index is 1.68. The maximum absolute atomic E-state index is 12.7. The Morgan fingerprint density at radius 2 is 1.70 bits per heavy atom. The van der Waals surface area contributed by atoms with E-state index in [1.807, 2.05) is 13.8 Å². The summed E-state index contributed by atoms with van der Waals surface area (Å²) in [5, 5.41) is 3.47. The molecule has 1 fully saturated rings. The van der Waals surface area contributed by atoms with Gasteiger partial charge in [0.1, 0.15) is 5.65 Å². The van der Waals surface area contributed by atoms with E-state index in [4.69, 9.17) is 0 Å². The van der Waals surface area contributed by atoms with Crippen molar-refractivity contribution in [2.45, 2.75) is 52.4 Å². The van der Waals surface area contributed by atoms with Gasteiger partial charge < -0.3 is 10.2 Å². The largest absolute Gasteiger partial charge is 0.355 e. The quantitative estimate of drug-likeness (QED) is 0.765. The molecule has 1 amide bonds. The van der Waals surface area contributed by atoms with E-state index >= 15 is 0 Å². The molecular weight excluding hydrogens is 382 g/mol. The highest BCUT2D eigenvalue weighted by Crippen LogP contribution is 2.20. The number of fused-ring (bicyclic) bond motifs is 1. The standard InChI is InChI=1S/C22H33N5O3/c1-15-17(9-10-18(28)23-11-14-27-12-7-5-6-8-13-27)16(2)24-20-19(15)21(29)26(4)22(30)25(20)3/h5-14H2,1-4H3,(H,23,28). The smallest absolute Gasteiger partial charge is 0.332 e. The Bertz CT molecular complexity index is 1050. The third-order valence-corrected chi connectivity index (χ3v) is 6.22. The molecule has 8 nitrogen and oxygen atoms in total. The van der Waals surface area contributed by atoms with Crippen molar-refractivity contribution in [3.63, 3.8) is 0 Å². The fourth-order valence-corrected chi connectivity index (χ4v) is 4.35. The zero-order chi connectivity index (χ0) is 21.8. The first-order valence-corrected chi connectivity index (χ1v) is 10.9. The first-order valence-electron chi connectivity index (χ1n) is 10.9. The number of hydrogen-bond donors (Lipinski definition) is 1. The van der Waals surface area contributed by atoms with Crippen LogP contribution in [0.2, 0.25) is 0 Å². The first-order chi connectivity index (χ1) is 14.3. The number of aryl methyl sites for hydroxylation is 3. The Kier molecular flexibility index (Phi) is 7.07. The van der Waals surface area contributed by atoms with E-state index in [1.54, 1.807) is 7.05 Å². The Morgan fingerprint density at radius 3 is 2.37 bits per heavy atom. The molecule has 0 aliphatic carbocycles. The molecule has 0 radical (unpaired) electrons. The molecule has 0 unspecified atom stereocenters. The summed E-state index contributed by atoms with van der Waals surface area (Å²) in [4.78, 5) is 44.2. The van der Waals surface area contributed by atoms with Gasteiger partial charge in [-0.2, -0.15) is 0 Å². The summed E-state index contributed by atoms with van der Waals surface area (Å²) < 4.78 is 2.50. The number of pyridine rings is 1. The third-order valence-electron chi connectivity index (χ3n) is 6.22. The molecule has 0 saturated carbocycles. The summed E-state index contributed by atoms with van der Waals surface area (Å²) in [5.74, 6) is 0.0112. The van der Waals surface area contributed by atoms with Crippen LogP contribution in [-0.2, 0) is 25.3 Å². The van der Waals surface area contributed by atoms with Crippen molar-refractivity contribution in [2.24, 2.45) is 14.1 Å². The molecule has 3 heterocycles. The fraction of sp³-hybridized carbons (Fsp3) is 0.636. The van der Waals surface area contributed by atoms with Gasteiger partial charge in [0.25, 0.3) is 5.56 Å². The van der Waals surface area contributed by atoms with Crippen molar-refractivity contribution in [1.29, 1.82) is 0 Å². The highest BCUT2D eigenvalue weighted by atomic mass is 16.2. The monoisotopic (exact) mass is 415 g/mol. The lowest BCUT2D eigenvalue weighted by molar-refractivity contribution is -0.121. The van der Waals surface area contributed by atoms with Crippen LogP contribution in [0.15, 0.2) is 9.59 Å². The van der Waals surface area contributed by atoms with E-state index in [9.17, 15) is 14.4 Å². The average Bonchev–Trinajstić information content (AvgIpc) is 2.99. The summed E-state index contributed by atoms with van der Waals surface area (Å²) in [5.41, 5.74) is 2.10. The van der Waals surface area contributed by atoms with Crippen LogP contribution in [0.4, 0.5) is 0 Å². The normalized spacial score (nSPS) is 15.3. The van der Waals surface area contributed by atoms with Gasteiger partial charge in [0.15, 0.2) is 0 Å². The van der Waals surface area contributed by atoms with E-state index in [1.165, 1.54) is 37.3 Å². The summed E-state index contributed by atoms with van der Waals surface area (Å²) in [6.07, 6.45) is 5.96. The molecule has 1 aliphatic heterocycles. The molecule has 0 bridgehead atoms. The van der Waals surface area contributed by atoms with Crippen LogP contribution in [0.5, 0.6) is 0 Å². The van der Waals surface area contributed by atoms with Gasteiger partial charge >= 0.3 is 5.69 Å². The molecule has 164 valence electrons. The van der Waals surface area contributed by atoms with E-state index in [2.05, 4.69) is 15.2 Å². The zero-order valence-electron chi connectivity index (χ0n) is 18.6. The number of rotatable bonds is 6. The molecule has 2 aromatic heterocycles. The number of hydrogen-bond acceptors (Lipinski definition) is 5. The Labute approximate surface area is 176 Å². The van der Waals surface area contributed by atoms with Crippen LogP contribution in [0, 0.1) is 13.8 Å². The van der Waals surface area contributed by atoms with Crippen molar-refractivity contribution >= 4 is 16.9 Å². The van der Waals surface area contributed by atoms with Crippen LogP contribution in [0.25, 0.3) is 11.0 Å². The third kappa shape index (κ3) is 4.64.